The summed E-state index contributed by atoms with van der Waals surface area (Å²) in [6, 6.07) is 12.9. The quantitative estimate of drug-likeness (QED) is 0.579. The van der Waals surface area contributed by atoms with E-state index in [1.54, 1.807) is 18.2 Å². The van der Waals surface area contributed by atoms with Gasteiger partial charge in [0.15, 0.2) is 0 Å². The highest BCUT2D eigenvalue weighted by molar-refractivity contribution is 14.1. The molecule has 0 saturated carbocycles. The van der Waals surface area contributed by atoms with Gasteiger partial charge in [0, 0.05) is 13.4 Å². The third kappa shape index (κ3) is 4.48. The Bertz CT molecular complexity index is 698. The van der Waals surface area contributed by atoms with Crippen LogP contribution in [0.4, 0.5) is 0 Å². The number of esters is 1. The van der Waals surface area contributed by atoms with Gasteiger partial charge in [-0.15, -0.1) is 0 Å². The van der Waals surface area contributed by atoms with E-state index < -0.39 is 11.9 Å². The van der Waals surface area contributed by atoms with Crippen molar-refractivity contribution in [1.29, 1.82) is 0 Å². The van der Waals surface area contributed by atoms with Crippen LogP contribution in [0.1, 0.15) is 15.9 Å². The van der Waals surface area contributed by atoms with Crippen molar-refractivity contribution in [2.45, 2.75) is 16.2 Å². The number of aliphatic carboxylic acids is 1. The van der Waals surface area contributed by atoms with Crippen molar-refractivity contribution in [2.75, 3.05) is 7.11 Å². The van der Waals surface area contributed by atoms with E-state index in [1.807, 2.05) is 24.3 Å². The SMILES string of the molecule is COC(=O)c1ccc(Sc2ccc(I)cc2)c(CC(=O)O)c1. The molecule has 0 radical (unpaired) electrons. The number of carbonyl (C=O) groups excluding carboxylic acids is 1. The van der Waals surface area contributed by atoms with Gasteiger partial charge in [-0.25, -0.2) is 4.79 Å². The Balaban J connectivity index is 2.34. The minimum Gasteiger partial charge on any atom is -0.481 e. The van der Waals surface area contributed by atoms with Gasteiger partial charge in [-0.3, -0.25) is 4.79 Å². The molecule has 0 aliphatic carbocycles. The van der Waals surface area contributed by atoms with Gasteiger partial charge in [0.05, 0.1) is 19.1 Å². The Morgan fingerprint density at radius 1 is 1.18 bits per heavy atom. The Hall–Kier alpha value is -1.54. The van der Waals surface area contributed by atoms with Gasteiger partial charge >= 0.3 is 11.9 Å². The van der Waals surface area contributed by atoms with Crippen molar-refractivity contribution in [1.82, 2.24) is 0 Å². The maximum absolute atomic E-state index is 11.6. The summed E-state index contributed by atoms with van der Waals surface area (Å²) >= 11 is 3.70. The lowest BCUT2D eigenvalue weighted by atomic mass is 10.1. The molecule has 4 nitrogen and oxygen atoms in total. The Morgan fingerprint density at radius 3 is 2.45 bits per heavy atom. The zero-order valence-corrected chi connectivity index (χ0v) is 14.7. The second-order valence-corrected chi connectivity index (χ2v) is 6.80. The first kappa shape index (κ1) is 16.8. The van der Waals surface area contributed by atoms with Gasteiger partial charge in [0.1, 0.15) is 0 Å². The predicted octanol–water partition coefficient (Wildman–Crippen LogP) is 3.86. The van der Waals surface area contributed by atoms with Crippen molar-refractivity contribution in [2.24, 2.45) is 0 Å². The summed E-state index contributed by atoms with van der Waals surface area (Å²) in [6.45, 7) is 0. The van der Waals surface area contributed by atoms with Crippen molar-refractivity contribution < 1.29 is 19.4 Å². The van der Waals surface area contributed by atoms with Crippen LogP contribution in [0.5, 0.6) is 0 Å². The smallest absolute Gasteiger partial charge is 0.337 e. The van der Waals surface area contributed by atoms with Crippen LogP contribution in [0, 0.1) is 3.57 Å². The van der Waals surface area contributed by atoms with Crippen LogP contribution in [0.2, 0.25) is 0 Å². The fourth-order valence-corrected chi connectivity index (χ4v) is 3.14. The lowest BCUT2D eigenvalue weighted by Crippen LogP contribution is -2.06. The van der Waals surface area contributed by atoms with Crippen LogP contribution in [0.25, 0.3) is 0 Å². The summed E-state index contributed by atoms with van der Waals surface area (Å²) in [5.41, 5.74) is 0.949. The monoisotopic (exact) mass is 428 g/mol. The number of hydrogen-bond donors (Lipinski definition) is 1. The van der Waals surface area contributed by atoms with E-state index in [0.29, 0.717) is 11.1 Å². The second kappa shape index (κ2) is 7.64. The molecule has 0 bridgehead atoms. The number of methoxy groups -OCH3 is 1. The number of carboxylic acid groups (broad SMARTS) is 1. The molecular formula is C16H13IO4S. The normalized spacial score (nSPS) is 10.3. The largest absolute Gasteiger partial charge is 0.481 e. The van der Waals surface area contributed by atoms with Crippen LogP contribution in [-0.4, -0.2) is 24.2 Å². The minimum atomic E-state index is -0.938. The van der Waals surface area contributed by atoms with Gasteiger partial charge in [-0.2, -0.15) is 0 Å². The molecule has 0 aliphatic heterocycles. The van der Waals surface area contributed by atoms with Crippen molar-refractivity contribution in [3.8, 4) is 0 Å². The Morgan fingerprint density at radius 2 is 1.86 bits per heavy atom. The number of rotatable bonds is 5. The van der Waals surface area contributed by atoms with Crippen molar-refractivity contribution in [3.05, 3.63) is 57.2 Å². The molecule has 22 heavy (non-hydrogen) atoms. The number of carboxylic acids is 1. The molecule has 0 fully saturated rings. The number of benzene rings is 2. The van der Waals surface area contributed by atoms with Gasteiger partial charge in [-0.05, 0) is 70.6 Å². The highest BCUT2D eigenvalue weighted by Crippen LogP contribution is 2.32. The Labute approximate surface area is 146 Å². The molecule has 6 heteroatoms. The standard InChI is InChI=1S/C16H13IO4S/c1-21-16(20)10-2-7-14(11(8-10)9-15(18)19)22-13-5-3-12(17)4-6-13/h2-8H,9H2,1H3,(H,18,19). The Kier molecular flexibility index (Phi) is 5.84. The molecule has 0 amide bonds. The molecule has 2 rings (SSSR count). The first-order valence-corrected chi connectivity index (χ1v) is 8.25. The summed E-state index contributed by atoms with van der Waals surface area (Å²) in [5.74, 6) is -1.41. The van der Waals surface area contributed by atoms with Crippen molar-refractivity contribution in [3.63, 3.8) is 0 Å². The number of halogens is 1. The highest BCUT2D eigenvalue weighted by Gasteiger charge is 2.13. The molecule has 2 aromatic carbocycles. The fraction of sp³-hybridized carbons (Fsp3) is 0.125. The summed E-state index contributed by atoms with van der Waals surface area (Å²) in [6.07, 6.45) is -0.141. The fourth-order valence-electron chi connectivity index (χ4n) is 1.85. The van der Waals surface area contributed by atoms with Crippen molar-refractivity contribution >= 4 is 46.3 Å². The number of hydrogen-bond acceptors (Lipinski definition) is 4. The molecule has 0 aliphatic rings. The predicted molar refractivity (Wildman–Crippen MR) is 92.4 cm³/mol. The average Bonchev–Trinajstić information content (AvgIpc) is 2.50. The van der Waals surface area contributed by atoms with Crippen LogP contribution < -0.4 is 0 Å². The van der Waals surface area contributed by atoms with Crippen LogP contribution >= 0.6 is 34.4 Å². The summed E-state index contributed by atoms with van der Waals surface area (Å²) in [5, 5.41) is 9.05. The third-order valence-corrected chi connectivity index (χ3v) is 4.71. The number of ether oxygens (including phenoxy) is 1. The first-order chi connectivity index (χ1) is 10.5. The molecule has 0 spiro atoms. The van der Waals surface area contributed by atoms with E-state index in [4.69, 9.17) is 5.11 Å². The zero-order chi connectivity index (χ0) is 16.1. The van der Waals surface area contributed by atoms with E-state index in [2.05, 4.69) is 27.3 Å². The lowest BCUT2D eigenvalue weighted by Gasteiger charge is -2.10. The summed E-state index contributed by atoms with van der Waals surface area (Å²) in [7, 11) is 1.30. The van der Waals surface area contributed by atoms with Gasteiger partial charge in [0.2, 0.25) is 0 Å². The molecule has 0 unspecified atom stereocenters. The highest BCUT2D eigenvalue weighted by atomic mass is 127. The molecule has 0 atom stereocenters. The second-order valence-electron chi connectivity index (χ2n) is 4.44. The maximum atomic E-state index is 11.6. The molecule has 1 N–H and O–H groups in total. The minimum absolute atomic E-state index is 0.141. The molecule has 2 aromatic rings. The average molecular weight is 428 g/mol. The van der Waals surface area contributed by atoms with Crippen LogP contribution in [0.15, 0.2) is 52.3 Å². The molecule has 0 saturated heterocycles. The molecule has 114 valence electrons. The van der Waals surface area contributed by atoms with Gasteiger partial charge in [-0.1, -0.05) is 11.8 Å². The lowest BCUT2D eigenvalue weighted by molar-refractivity contribution is -0.136. The maximum Gasteiger partial charge on any atom is 0.337 e. The molecule has 0 heterocycles. The van der Waals surface area contributed by atoms with E-state index in [-0.39, 0.29) is 6.42 Å². The van der Waals surface area contributed by atoms with E-state index in [1.165, 1.54) is 18.9 Å². The third-order valence-electron chi connectivity index (χ3n) is 2.86. The number of carbonyl (C=O) groups is 2. The molecular weight excluding hydrogens is 415 g/mol. The van der Waals surface area contributed by atoms with Crippen LogP contribution in [0.3, 0.4) is 0 Å². The summed E-state index contributed by atoms with van der Waals surface area (Å²) < 4.78 is 5.81. The zero-order valence-electron chi connectivity index (χ0n) is 11.7. The topological polar surface area (TPSA) is 63.6 Å². The van der Waals surface area contributed by atoms with E-state index >= 15 is 0 Å². The van der Waals surface area contributed by atoms with E-state index in [0.717, 1.165) is 13.4 Å². The molecule has 0 aromatic heterocycles. The van der Waals surface area contributed by atoms with Gasteiger partial charge in [0.25, 0.3) is 0 Å². The summed E-state index contributed by atoms with van der Waals surface area (Å²) in [4.78, 5) is 24.5. The van der Waals surface area contributed by atoms with Gasteiger partial charge < -0.3 is 9.84 Å². The van der Waals surface area contributed by atoms with E-state index in [9.17, 15) is 9.59 Å². The first-order valence-electron chi connectivity index (χ1n) is 6.36. The van der Waals surface area contributed by atoms with Crippen LogP contribution in [-0.2, 0) is 16.0 Å².